The van der Waals surface area contributed by atoms with E-state index in [1.165, 1.54) is 5.56 Å². The van der Waals surface area contributed by atoms with Crippen LogP contribution in [0.15, 0.2) is 64.2 Å². The first-order chi connectivity index (χ1) is 9.81. The number of alkyl halides is 1. The molecule has 20 heavy (non-hydrogen) atoms. The molecule has 0 spiro atoms. The maximum atomic E-state index is 13.0. The minimum Gasteiger partial charge on any atom is -0.245 e. The first-order valence-electron chi connectivity index (χ1n) is 6.84. The summed E-state index contributed by atoms with van der Waals surface area (Å²) in [5.74, 6) is 0. The van der Waals surface area contributed by atoms with Gasteiger partial charge in [0.25, 0.3) is 0 Å². The van der Waals surface area contributed by atoms with Crippen LogP contribution in [0.3, 0.4) is 0 Å². The third-order valence-electron chi connectivity index (χ3n) is 3.30. The Bertz CT molecular complexity index is 546. The Morgan fingerprint density at radius 3 is 2.10 bits per heavy atom. The summed E-state index contributed by atoms with van der Waals surface area (Å²) in [6.07, 6.45) is 3.00. The first-order valence-corrected chi connectivity index (χ1v) is 7.92. The molecule has 0 aromatic heterocycles. The summed E-state index contributed by atoms with van der Waals surface area (Å²) in [5, 5.41) is 0. The Balaban J connectivity index is 2.03. The Labute approximate surface area is 133 Å². The second-order valence-electron chi connectivity index (χ2n) is 4.72. The molecule has 2 rings (SSSR count). The van der Waals surface area contributed by atoms with Gasteiger partial charge < -0.3 is 0 Å². The van der Waals surface area contributed by atoms with Crippen LogP contribution in [0.5, 0.6) is 0 Å². The molecule has 104 valence electrons. The lowest BCUT2D eigenvalue weighted by molar-refractivity contribution is 0.559. The third kappa shape index (κ3) is 4.44. The molecule has 0 fully saturated rings. The lowest BCUT2D eigenvalue weighted by Crippen LogP contribution is -1.92. The van der Waals surface area contributed by atoms with Gasteiger partial charge >= 0.3 is 0 Å². The minimum atomic E-state index is -0.379. The monoisotopic (exact) mass is 380 g/mol. The van der Waals surface area contributed by atoms with Crippen molar-refractivity contribution >= 4 is 28.2 Å². The van der Waals surface area contributed by atoms with Crippen molar-refractivity contribution in [3.8, 4) is 0 Å². The van der Waals surface area contributed by atoms with Gasteiger partial charge in [0.05, 0.1) is 0 Å². The van der Waals surface area contributed by atoms with Crippen LogP contribution in [0.2, 0.25) is 0 Å². The molecule has 0 saturated carbocycles. The highest BCUT2D eigenvalue weighted by Gasteiger charge is 2.07. The first kappa shape index (κ1) is 15.2. The lowest BCUT2D eigenvalue weighted by Gasteiger charge is -2.10. The van der Waals surface area contributed by atoms with Gasteiger partial charge in [-0.15, -0.1) is 0 Å². The van der Waals surface area contributed by atoms with Crippen LogP contribution < -0.4 is 0 Å². The fraction of sp³-hybridized carbons (Fsp3) is 0.222. The number of rotatable bonds is 6. The molecular formula is C18H18FI. The Morgan fingerprint density at radius 1 is 0.900 bits per heavy atom. The second-order valence-corrected chi connectivity index (χ2v) is 6.02. The molecule has 0 amide bonds. The molecule has 2 aromatic carbocycles. The van der Waals surface area contributed by atoms with E-state index in [-0.39, 0.29) is 6.67 Å². The summed E-state index contributed by atoms with van der Waals surface area (Å²) in [7, 11) is 0. The average Bonchev–Trinajstić information content (AvgIpc) is 2.53. The Kier molecular flexibility index (Phi) is 6.25. The summed E-state index contributed by atoms with van der Waals surface area (Å²) in [6, 6.07) is 20.6. The molecule has 0 aliphatic rings. The molecule has 0 aliphatic carbocycles. The summed E-state index contributed by atoms with van der Waals surface area (Å²) in [5.41, 5.74) is 3.63. The van der Waals surface area contributed by atoms with E-state index >= 15 is 0 Å². The number of benzene rings is 2. The van der Waals surface area contributed by atoms with E-state index in [0.29, 0.717) is 0 Å². The van der Waals surface area contributed by atoms with Crippen LogP contribution in [-0.4, -0.2) is 6.67 Å². The molecule has 0 aliphatic heterocycles. The number of hydrogen-bond acceptors (Lipinski definition) is 0. The Hall–Kier alpha value is -1.16. The fourth-order valence-corrected chi connectivity index (χ4v) is 2.85. The highest BCUT2D eigenvalue weighted by molar-refractivity contribution is 14.1. The molecular weight excluding hydrogens is 362 g/mol. The van der Waals surface area contributed by atoms with Gasteiger partial charge in [-0.25, -0.2) is 4.39 Å². The molecule has 0 bridgehead atoms. The van der Waals surface area contributed by atoms with Crippen molar-refractivity contribution in [1.29, 1.82) is 0 Å². The number of hydrogen-bond donors (Lipinski definition) is 0. The summed E-state index contributed by atoms with van der Waals surface area (Å²) in [4.78, 5) is 0. The van der Waals surface area contributed by atoms with Crippen molar-refractivity contribution in [2.75, 3.05) is 6.67 Å². The van der Waals surface area contributed by atoms with Crippen LogP contribution in [0.25, 0.3) is 5.57 Å². The molecule has 0 radical (unpaired) electrons. The van der Waals surface area contributed by atoms with E-state index in [0.717, 1.165) is 34.0 Å². The van der Waals surface area contributed by atoms with Crippen LogP contribution in [0.4, 0.5) is 4.39 Å². The van der Waals surface area contributed by atoms with Crippen molar-refractivity contribution in [2.45, 2.75) is 19.3 Å². The molecule has 2 heteroatoms. The molecule has 0 nitrogen and oxygen atoms in total. The number of aryl methyl sites for hydroxylation is 1. The standard InChI is InChI=1S/C18H18FI/c19-14-18(20)17(16-11-5-2-6-12-16)13-7-10-15-8-3-1-4-9-15/h1-6,8-9,11-12H,7,10,13-14H2/b18-17-. The average molecular weight is 380 g/mol. The predicted octanol–water partition coefficient (Wildman–Crippen LogP) is 5.83. The van der Waals surface area contributed by atoms with Gasteiger partial charge in [0, 0.05) is 3.58 Å². The van der Waals surface area contributed by atoms with Gasteiger partial charge in [0.1, 0.15) is 6.67 Å². The van der Waals surface area contributed by atoms with Gasteiger partial charge in [0.15, 0.2) is 0 Å². The summed E-state index contributed by atoms with van der Waals surface area (Å²) < 4.78 is 13.8. The van der Waals surface area contributed by atoms with Crippen molar-refractivity contribution in [3.05, 3.63) is 75.4 Å². The zero-order chi connectivity index (χ0) is 14.2. The predicted molar refractivity (Wildman–Crippen MR) is 92.7 cm³/mol. The van der Waals surface area contributed by atoms with E-state index in [4.69, 9.17) is 0 Å². The smallest absolute Gasteiger partial charge is 0.120 e. The number of halogens is 2. The summed E-state index contributed by atoms with van der Waals surface area (Å²) in [6.45, 7) is -0.379. The Morgan fingerprint density at radius 2 is 1.50 bits per heavy atom. The largest absolute Gasteiger partial charge is 0.245 e. The third-order valence-corrected chi connectivity index (χ3v) is 4.24. The molecule has 2 aromatic rings. The van der Waals surface area contributed by atoms with E-state index in [9.17, 15) is 4.39 Å². The lowest BCUT2D eigenvalue weighted by atomic mass is 9.98. The molecule has 0 heterocycles. The van der Waals surface area contributed by atoms with Crippen LogP contribution in [0, 0.1) is 0 Å². The van der Waals surface area contributed by atoms with Crippen LogP contribution in [-0.2, 0) is 6.42 Å². The maximum Gasteiger partial charge on any atom is 0.120 e. The van der Waals surface area contributed by atoms with E-state index in [1.807, 2.05) is 24.3 Å². The molecule has 0 atom stereocenters. The van der Waals surface area contributed by atoms with Crippen LogP contribution in [0.1, 0.15) is 24.0 Å². The zero-order valence-electron chi connectivity index (χ0n) is 11.4. The normalized spacial score (nSPS) is 12.1. The van der Waals surface area contributed by atoms with Crippen molar-refractivity contribution in [1.82, 2.24) is 0 Å². The van der Waals surface area contributed by atoms with Crippen LogP contribution >= 0.6 is 22.6 Å². The highest BCUT2D eigenvalue weighted by Crippen LogP contribution is 2.28. The van der Waals surface area contributed by atoms with Crippen molar-refractivity contribution in [2.24, 2.45) is 0 Å². The molecule has 0 unspecified atom stereocenters. The van der Waals surface area contributed by atoms with E-state index in [1.54, 1.807) is 0 Å². The SMILES string of the molecule is FC/C(I)=C(\CCCc1ccccc1)c1ccccc1. The fourth-order valence-electron chi connectivity index (χ4n) is 2.27. The second kappa shape index (κ2) is 8.20. The number of allylic oxidation sites excluding steroid dienone is 2. The van der Waals surface area contributed by atoms with Gasteiger partial charge in [-0.1, -0.05) is 60.7 Å². The highest BCUT2D eigenvalue weighted by atomic mass is 127. The molecule has 0 N–H and O–H groups in total. The molecule has 0 saturated heterocycles. The maximum absolute atomic E-state index is 13.0. The minimum absolute atomic E-state index is 0.379. The van der Waals surface area contributed by atoms with Crippen molar-refractivity contribution < 1.29 is 4.39 Å². The topological polar surface area (TPSA) is 0 Å². The van der Waals surface area contributed by atoms with E-state index < -0.39 is 0 Å². The van der Waals surface area contributed by atoms with Gasteiger partial charge in [-0.2, -0.15) is 0 Å². The quantitative estimate of drug-likeness (QED) is 0.554. The van der Waals surface area contributed by atoms with E-state index in [2.05, 4.69) is 59.0 Å². The van der Waals surface area contributed by atoms with Gasteiger partial charge in [-0.05, 0) is 58.6 Å². The zero-order valence-corrected chi connectivity index (χ0v) is 13.5. The van der Waals surface area contributed by atoms with Crippen molar-refractivity contribution in [3.63, 3.8) is 0 Å². The van der Waals surface area contributed by atoms with Gasteiger partial charge in [-0.3, -0.25) is 0 Å². The summed E-state index contributed by atoms with van der Waals surface area (Å²) >= 11 is 2.13. The van der Waals surface area contributed by atoms with Gasteiger partial charge in [0.2, 0.25) is 0 Å².